The Labute approximate surface area is 105 Å². The number of aromatic amines is 1. The Balaban J connectivity index is 1.98. The fourth-order valence-electron chi connectivity index (χ4n) is 2.74. The Morgan fingerprint density at radius 2 is 2.39 bits per heavy atom. The van der Waals surface area contributed by atoms with Crippen LogP contribution in [0.15, 0.2) is 24.5 Å². The first kappa shape index (κ1) is 11.2. The van der Waals surface area contributed by atoms with E-state index in [0.717, 1.165) is 24.1 Å². The zero-order valence-corrected chi connectivity index (χ0v) is 9.93. The van der Waals surface area contributed by atoms with Gasteiger partial charge in [0.2, 0.25) is 0 Å². The maximum absolute atomic E-state index is 5.87. The molecule has 0 radical (unpaired) electrons. The molecule has 3 rings (SSSR count). The van der Waals surface area contributed by atoms with Crippen molar-refractivity contribution < 1.29 is 0 Å². The molecule has 0 fully saturated rings. The Kier molecular flexibility index (Phi) is 2.73. The average Bonchev–Trinajstić information content (AvgIpc) is 2.99. The second-order valence-electron chi connectivity index (χ2n) is 4.58. The number of hydrogen-bond acceptors (Lipinski definition) is 5. The summed E-state index contributed by atoms with van der Waals surface area (Å²) in [6, 6.07) is 4.03. The van der Waals surface area contributed by atoms with Gasteiger partial charge in [0.15, 0.2) is 0 Å². The van der Waals surface area contributed by atoms with Crippen molar-refractivity contribution in [1.82, 2.24) is 20.6 Å². The third-order valence-corrected chi connectivity index (χ3v) is 3.62. The molecule has 2 aromatic rings. The second-order valence-corrected chi connectivity index (χ2v) is 4.58. The molecule has 18 heavy (non-hydrogen) atoms. The van der Waals surface area contributed by atoms with Crippen LogP contribution in [0.25, 0.3) is 0 Å². The van der Waals surface area contributed by atoms with Crippen LogP contribution in [0.5, 0.6) is 0 Å². The number of hydrazine groups is 1. The lowest BCUT2D eigenvalue weighted by molar-refractivity contribution is 0.448. The molecule has 2 unspecified atom stereocenters. The molecule has 0 saturated heterocycles. The van der Waals surface area contributed by atoms with Crippen molar-refractivity contribution >= 4 is 5.82 Å². The topological polar surface area (TPSA) is 106 Å². The number of nitrogen functional groups attached to an aromatic ring is 1. The number of nitrogens with two attached hydrogens (primary N) is 2. The highest BCUT2D eigenvalue weighted by atomic mass is 15.2. The number of nitrogens with zero attached hydrogens (tertiary/aromatic N) is 2. The van der Waals surface area contributed by atoms with E-state index >= 15 is 0 Å². The first-order valence-electron chi connectivity index (χ1n) is 6.00. The summed E-state index contributed by atoms with van der Waals surface area (Å²) >= 11 is 0. The molecule has 0 aliphatic heterocycles. The molecule has 2 heterocycles. The van der Waals surface area contributed by atoms with Crippen LogP contribution in [-0.2, 0) is 6.42 Å². The SMILES string of the molecule is NNC(c1cn[nH]c1N)C1CCc2cccnc21. The zero-order valence-electron chi connectivity index (χ0n) is 9.93. The molecule has 6 N–H and O–H groups in total. The minimum Gasteiger partial charge on any atom is -0.384 e. The quantitative estimate of drug-likeness (QED) is 0.468. The van der Waals surface area contributed by atoms with E-state index in [-0.39, 0.29) is 12.0 Å². The zero-order chi connectivity index (χ0) is 12.5. The van der Waals surface area contributed by atoms with Gasteiger partial charge in [0.05, 0.1) is 12.2 Å². The number of aromatic nitrogens is 3. The van der Waals surface area contributed by atoms with Gasteiger partial charge in [0.25, 0.3) is 0 Å². The molecule has 2 atom stereocenters. The van der Waals surface area contributed by atoms with Gasteiger partial charge < -0.3 is 5.73 Å². The first-order chi connectivity index (χ1) is 8.81. The number of anilines is 1. The first-order valence-corrected chi connectivity index (χ1v) is 6.00. The Bertz CT molecular complexity index is 549. The van der Waals surface area contributed by atoms with Crippen molar-refractivity contribution in [2.45, 2.75) is 24.8 Å². The molecule has 0 saturated carbocycles. The van der Waals surface area contributed by atoms with Crippen molar-refractivity contribution in [1.29, 1.82) is 0 Å². The van der Waals surface area contributed by atoms with Gasteiger partial charge in [0.1, 0.15) is 5.82 Å². The summed E-state index contributed by atoms with van der Waals surface area (Å²) in [5, 5.41) is 6.69. The largest absolute Gasteiger partial charge is 0.384 e. The van der Waals surface area contributed by atoms with Crippen molar-refractivity contribution in [3.63, 3.8) is 0 Å². The smallest absolute Gasteiger partial charge is 0.123 e. The highest BCUT2D eigenvalue weighted by molar-refractivity contribution is 5.42. The predicted octanol–water partition coefficient (Wildman–Crippen LogP) is 0.621. The van der Waals surface area contributed by atoms with Crippen LogP contribution in [0.2, 0.25) is 0 Å². The monoisotopic (exact) mass is 244 g/mol. The van der Waals surface area contributed by atoms with Gasteiger partial charge in [-0.2, -0.15) is 5.10 Å². The van der Waals surface area contributed by atoms with Crippen molar-refractivity contribution in [3.05, 3.63) is 41.3 Å². The second kappa shape index (κ2) is 4.40. The average molecular weight is 244 g/mol. The van der Waals surface area contributed by atoms with Crippen LogP contribution in [-0.4, -0.2) is 15.2 Å². The van der Waals surface area contributed by atoms with Crippen LogP contribution in [0.4, 0.5) is 5.82 Å². The fraction of sp³-hybridized carbons (Fsp3) is 0.333. The standard InChI is InChI=1S/C12H16N6/c13-12-9(6-16-18-12)11(17-14)8-4-3-7-2-1-5-15-10(7)8/h1-2,5-6,8,11,17H,3-4,14H2,(H3,13,16,18). The summed E-state index contributed by atoms with van der Waals surface area (Å²) in [6.07, 6.45) is 5.60. The van der Waals surface area contributed by atoms with Crippen molar-refractivity contribution in [2.75, 3.05) is 5.73 Å². The van der Waals surface area contributed by atoms with Gasteiger partial charge in [-0.1, -0.05) is 6.07 Å². The van der Waals surface area contributed by atoms with E-state index in [1.165, 1.54) is 5.56 Å². The molecule has 0 bridgehead atoms. The third kappa shape index (κ3) is 1.66. The van der Waals surface area contributed by atoms with E-state index in [9.17, 15) is 0 Å². The normalized spacial score (nSPS) is 19.7. The Morgan fingerprint density at radius 1 is 1.50 bits per heavy atom. The minimum atomic E-state index is -0.0556. The van der Waals surface area contributed by atoms with Crippen LogP contribution < -0.4 is 17.0 Å². The summed E-state index contributed by atoms with van der Waals surface area (Å²) < 4.78 is 0. The molecule has 94 valence electrons. The van der Waals surface area contributed by atoms with Crippen LogP contribution in [0.3, 0.4) is 0 Å². The number of rotatable bonds is 3. The maximum Gasteiger partial charge on any atom is 0.123 e. The van der Waals surface area contributed by atoms with Gasteiger partial charge in [-0.15, -0.1) is 0 Å². The van der Waals surface area contributed by atoms with E-state index in [1.807, 2.05) is 12.3 Å². The molecule has 1 aliphatic rings. The molecule has 2 aromatic heterocycles. The van der Waals surface area contributed by atoms with E-state index in [0.29, 0.717) is 5.82 Å². The molecular weight excluding hydrogens is 228 g/mol. The molecular formula is C12H16N6. The van der Waals surface area contributed by atoms with Gasteiger partial charge in [-0.25, -0.2) is 0 Å². The molecule has 0 aromatic carbocycles. The maximum atomic E-state index is 5.87. The molecule has 1 aliphatic carbocycles. The summed E-state index contributed by atoms with van der Waals surface area (Å²) in [5.41, 5.74) is 12.0. The van der Waals surface area contributed by atoms with Gasteiger partial charge in [-0.3, -0.25) is 21.4 Å². The van der Waals surface area contributed by atoms with E-state index in [2.05, 4.69) is 26.7 Å². The molecule has 6 nitrogen and oxygen atoms in total. The third-order valence-electron chi connectivity index (χ3n) is 3.62. The Hall–Kier alpha value is -1.92. The lowest BCUT2D eigenvalue weighted by atomic mass is 9.92. The van der Waals surface area contributed by atoms with E-state index in [1.54, 1.807) is 6.20 Å². The molecule has 0 spiro atoms. The minimum absolute atomic E-state index is 0.0556. The number of pyridine rings is 1. The summed E-state index contributed by atoms with van der Waals surface area (Å²) in [7, 11) is 0. The van der Waals surface area contributed by atoms with E-state index in [4.69, 9.17) is 11.6 Å². The van der Waals surface area contributed by atoms with Gasteiger partial charge in [-0.05, 0) is 24.5 Å². The van der Waals surface area contributed by atoms with Gasteiger partial charge in [0, 0.05) is 23.4 Å². The predicted molar refractivity (Wildman–Crippen MR) is 68.4 cm³/mol. The molecule has 6 heteroatoms. The lowest BCUT2D eigenvalue weighted by Crippen LogP contribution is -2.32. The van der Waals surface area contributed by atoms with Crippen LogP contribution >= 0.6 is 0 Å². The number of hydrogen-bond donors (Lipinski definition) is 4. The van der Waals surface area contributed by atoms with Crippen molar-refractivity contribution in [2.24, 2.45) is 5.84 Å². The molecule has 0 amide bonds. The number of aryl methyl sites for hydroxylation is 1. The van der Waals surface area contributed by atoms with Crippen LogP contribution in [0, 0.1) is 0 Å². The van der Waals surface area contributed by atoms with Crippen molar-refractivity contribution in [3.8, 4) is 0 Å². The summed E-state index contributed by atoms with van der Waals surface area (Å²) in [5.74, 6) is 6.49. The van der Waals surface area contributed by atoms with Gasteiger partial charge >= 0.3 is 0 Å². The highest BCUT2D eigenvalue weighted by Crippen LogP contribution is 2.40. The summed E-state index contributed by atoms with van der Waals surface area (Å²) in [4.78, 5) is 4.48. The Morgan fingerprint density at radius 3 is 3.11 bits per heavy atom. The lowest BCUT2D eigenvalue weighted by Gasteiger charge is -2.22. The highest BCUT2D eigenvalue weighted by Gasteiger charge is 2.32. The fourth-order valence-corrected chi connectivity index (χ4v) is 2.74. The van der Waals surface area contributed by atoms with E-state index < -0.39 is 0 Å². The summed E-state index contributed by atoms with van der Waals surface area (Å²) in [6.45, 7) is 0. The number of fused-ring (bicyclic) bond motifs is 1. The number of H-pyrrole nitrogens is 1. The number of nitrogens with one attached hydrogen (secondary N) is 2. The van der Waals surface area contributed by atoms with Crippen LogP contribution in [0.1, 0.15) is 35.2 Å².